The third-order valence-corrected chi connectivity index (χ3v) is 0.312. The minimum absolute atomic E-state index is 0. The molecule has 0 fully saturated rings. The number of aliphatic hydroxyl groups is 1. The fraction of sp³-hybridized carbons (Fsp3) is 0.600. The fourth-order valence-electron chi connectivity index (χ4n) is 0. The van der Waals surface area contributed by atoms with E-state index in [-0.39, 0.29) is 38.5 Å². The van der Waals surface area contributed by atoms with E-state index in [2.05, 4.69) is 6.92 Å². The van der Waals surface area contributed by atoms with Gasteiger partial charge in [0.15, 0.2) is 0 Å². The Balaban J connectivity index is -0.0000000800. The van der Waals surface area contributed by atoms with Crippen LogP contribution in [0.4, 0.5) is 0 Å². The maximum absolute atomic E-state index is 8.08. The SMILES string of the molecule is [CH2-]C(C)CO.[CH3-].[V+2]. The van der Waals surface area contributed by atoms with E-state index in [0.717, 1.165) is 0 Å². The predicted molar refractivity (Wildman–Crippen MR) is 28.0 cm³/mol. The van der Waals surface area contributed by atoms with Gasteiger partial charge in [-0.25, -0.2) is 0 Å². The summed E-state index contributed by atoms with van der Waals surface area (Å²) in [5, 5.41) is 8.08. The van der Waals surface area contributed by atoms with E-state index in [9.17, 15) is 0 Å². The van der Waals surface area contributed by atoms with Crippen LogP contribution in [0.3, 0.4) is 0 Å². The van der Waals surface area contributed by atoms with Gasteiger partial charge >= 0.3 is 18.6 Å². The van der Waals surface area contributed by atoms with Crippen molar-refractivity contribution in [2.75, 3.05) is 6.61 Å². The van der Waals surface area contributed by atoms with Crippen LogP contribution >= 0.6 is 0 Å². The molecular weight excluding hydrogens is 127 g/mol. The molecule has 0 saturated heterocycles. The van der Waals surface area contributed by atoms with Crippen LogP contribution in [0.15, 0.2) is 0 Å². The van der Waals surface area contributed by atoms with Gasteiger partial charge in [-0.2, -0.15) is 0 Å². The van der Waals surface area contributed by atoms with Crippen molar-refractivity contribution < 1.29 is 23.7 Å². The van der Waals surface area contributed by atoms with Crippen LogP contribution in [0.25, 0.3) is 0 Å². The van der Waals surface area contributed by atoms with E-state index in [0.29, 0.717) is 0 Å². The third kappa shape index (κ3) is 20.9. The zero-order valence-electron chi connectivity index (χ0n) is 4.89. The summed E-state index contributed by atoms with van der Waals surface area (Å²) in [7, 11) is 0. The van der Waals surface area contributed by atoms with Gasteiger partial charge in [0.1, 0.15) is 0 Å². The molecule has 0 heterocycles. The van der Waals surface area contributed by atoms with Gasteiger partial charge in [-0.1, -0.05) is 6.92 Å². The molecule has 0 aliphatic rings. The molecule has 1 unspecified atom stereocenters. The van der Waals surface area contributed by atoms with Gasteiger partial charge in [0, 0.05) is 6.61 Å². The van der Waals surface area contributed by atoms with E-state index >= 15 is 0 Å². The van der Waals surface area contributed by atoms with Crippen LogP contribution in [-0.4, -0.2) is 11.7 Å². The molecule has 0 rings (SSSR count). The molecule has 7 heavy (non-hydrogen) atoms. The Kier molecular flexibility index (Phi) is 21.8. The summed E-state index contributed by atoms with van der Waals surface area (Å²) in [6, 6.07) is 0. The first-order valence-corrected chi connectivity index (χ1v) is 1.71. The Morgan fingerprint density at radius 1 is 1.71 bits per heavy atom. The van der Waals surface area contributed by atoms with Crippen molar-refractivity contribution in [2.45, 2.75) is 6.92 Å². The Morgan fingerprint density at radius 3 is 1.86 bits per heavy atom. The minimum Gasteiger partial charge on any atom is -0.399 e. The first kappa shape index (κ1) is 15.6. The minimum atomic E-state index is 0. The smallest absolute Gasteiger partial charge is 0.399 e. The molecule has 0 aromatic rings. The van der Waals surface area contributed by atoms with Crippen molar-refractivity contribution >= 4 is 0 Å². The van der Waals surface area contributed by atoms with Crippen LogP contribution in [0.5, 0.6) is 0 Å². The second-order valence-corrected chi connectivity index (χ2v) is 1.29. The zero-order chi connectivity index (χ0) is 4.28. The molecule has 43 valence electrons. The molecule has 1 nitrogen and oxygen atoms in total. The van der Waals surface area contributed by atoms with E-state index in [1.54, 1.807) is 0 Å². The first-order valence-electron chi connectivity index (χ1n) is 1.71. The molecule has 2 heteroatoms. The van der Waals surface area contributed by atoms with Crippen molar-refractivity contribution in [3.63, 3.8) is 0 Å². The summed E-state index contributed by atoms with van der Waals surface area (Å²) in [5.41, 5.74) is 0. The first-order chi connectivity index (χ1) is 2.27. The van der Waals surface area contributed by atoms with Crippen LogP contribution in [-0.2, 0) is 18.6 Å². The molecule has 1 atom stereocenters. The summed E-state index contributed by atoms with van der Waals surface area (Å²) < 4.78 is 0. The summed E-state index contributed by atoms with van der Waals surface area (Å²) >= 11 is 0. The van der Waals surface area contributed by atoms with Gasteiger partial charge < -0.3 is 19.5 Å². The molecule has 1 radical (unpaired) electrons. The van der Waals surface area contributed by atoms with Gasteiger partial charge in [-0.3, -0.25) is 0 Å². The second kappa shape index (κ2) is 9.74. The Bertz CT molecular complexity index is 22.0. The molecule has 0 saturated carbocycles. The van der Waals surface area contributed by atoms with Gasteiger partial charge in [0.05, 0.1) is 0 Å². The molecule has 0 spiro atoms. The van der Waals surface area contributed by atoms with Crippen molar-refractivity contribution in [2.24, 2.45) is 5.92 Å². The quantitative estimate of drug-likeness (QED) is 0.535. The maximum atomic E-state index is 8.08. The summed E-state index contributed by atoms with van der Waals surface area (Å²) in [6.45, 7) is 5.56. The van der Waals surface area contributed by atoms with Crippen LogP contribution in [0, 0.1) is 20.3 Å². The Hall–Kier alpha value is 0.544. The van der Waals surface area contributed by atoms with Crippen LogP contribution in [0.1, 0.15) is 6.92 Å². The fourth-order valence-corrected chi connectivity index (χ4v) is 0. The maximum Gasteiger partial charge on any atom is 2.00 e. The van der Waals surface area contributed by atoms with E-state index < -0.39 is 0 Å². The molecular formula is C5H12OV. The molecule has 0 aromatic heterocycles. The zero-order valence-corrected chi connectivity index (χ0v) is 6.28. The van der Waals surface area contributed by atoms with Crippen molar-refractivity contribution in [3.8, 4) is 0 Å². The normalized spacial score (nSPS) is 10.7. The molecule has 0 amide bonds. The third-order valence-electron chi connectivity index (χ3n) is 0.312. The van der Waals surface area contributed by atoms with Crippen molar-refractivity contribution in [1.82, 2.24) is 0 Å². The largest absolute Gasteiger partial charge is 2.00 e. The number of hydrogen-bond donors (Lipinski definition) is 1. The Morgan fingerprint density at radius 2 is 1.86 bits per heavy atom. The molecule has 0 aliphatic carbocycles. The molecule has 0 bridgehead atoms. The molecule has 0 aromatic carbocycles. The number of hydrogen-bond acceptors (Lipinski definition) is 1. The van der Waals surface area contributed by atoms with Gasteiger partial charge in [0.25, 0.3) is 0 Å². The van der Waals surface area contributed by atoms with Crippen molar-refractivity contribution in [1.29, 1.82) is 0 Å². The van der Waals surface area contributed by atoms with E-state index in [4.69, 9.17) is 5.11 Å². The summed E-state index contributed by atoms with van der Waals surface area (Å²) in [5.74, 6) is 0.190. The predicted octanol–water partition coefficient (Wildman–Crippen LogP) is 0.897. The molecule has 0 aliphatic heterocycles. The monoisotopic (exact) mass is 139 g/mol. The van der Waals surface area contributed by atoms with E-state index in [1.165, 1.54) is 0 Å². The second-order valence-electron chi connectivity index (χ2n) is 1.29. The van der Waals surface area contributed by atoms with Crippen LogP contribution in [0.2, 0.25) is 0 Å². The summed E-state index contributed by atoms with van der Waals surface area (Å²) in [6.07, 6.45) is 0. The van der Waals surface area contributed by atoms with Gasteiger partial charge in [-0.05, 0) is 0 Å². The summed E-state index contributed by atoms with van der Waals surface area (Å²) in [4.78, 5) is 0. The number of aliphatic hydroxyl groups excluding tert-OH is 1. The average molecular weight is 139 g/mol. The number of rotatable bonds is 1. The van der Waals surface area contributed by atoms with Crippen LogP contribution < -0.4 is 0 Å². The van der Waals surface area contributed by atoms with E-state index in [1.807, 2.05) is 6.92 Å². The van der Waals surface area contributed by atoms with Crippen molar-refractivity contribution in [3.05, 3.63) is 14.4 Å². The topological polar surface area (TPSA) is 20.2 Å². The Labute approximate surface area is 58.0 Å². The standard InChI is InChI=1S/C4H9O.CH3.V/c1-4(2)3-5;;/h4-5H,1,3H2,2H3;1H3;/q2*-1;+2. The van der Waals surface area contributed by atoms with Gasteiger partial charge in [0.2, 0.25) is 0 Å². The average Bonchev–Trinajstić information content (AvgIpc) is 1.38. The van der Waals surface area contributed by atoms with Gasteiger partial charge in [-0.15, -0.1) is 5.92 Å². The molecule has 1 N–H and O–H groups in total.